The van der Waals surface area contributed by atoms with Crippen LogP contribution in [-0.4, -0.2) is 22.6 Å². The molecule has 17 heavy (non-hydrogen) atoms. The van der Waals surface area contributed by atoms with Crippen LogP contribution in [0.25, 0.3) is 0 Å². The number of hydrogen-bond acceptors (Lipinski definition) is 4. The number of halogens is 1. The largest absolute Gasteiger partial charge is 0.488 e. The van der Waals surface area contributed by atoms with E-state index in [1.165, 1.54) is 30.8 Å². The monoisotopic (exact) mass is 271 g/mol. The maximum Gasteiger partial charge on any atom is 0.254 e. The number of ether oxygens (including phenoxy) is 1. The van der Waals surface area contributed by atoms with Crippen LogP contribution in [0, 0.1) is 0 Å². The molecule has 0 saturated heterocycles. The Morgan fingerprint density at radius 1 is 1.53 bits per heavy atom. The molecule has 1 heterocycles. The van der Waals surface area contributed by atoms with Gasteiger partial charge in [-0.3, -0.25) is 4.79 Å². The Balaban J connectivity index is 2.21. The van der Waals surface area contributed by atoms with Crippen molar-refractivity contribution in [3.63, 3.8) is 0 Å². The van der Waals surface area contributed by atoms with Gasteiger partial charge in [-0.05, 0) is 49.6 Å². The predicted molar refractivity (Wildman–Crippen MR) is 69.1 cm³/mol. The summed E-state index contributed by atoms with van der Waals surface area (Å²) >= 11 is 6.95. The van der Waals surface area contributed by atoms with Crippen LogP contribution in [0.2, 0.25) is 0 Å². The normalized spacial score (nSPS) is 16.1. The van der Waals surface area contributed by atoms with Gasteiger partial charge >= 0.3 is 0 Å². The molecule has 0 aromatic carbocycles. The van der Waals surface area contributed by atoms with Gasteiger partial charge in [0.2, 0.25) is 0 Å². The maximum atomic E-state index is 11.1. The minimum atomic E-state index is -0.499. The molecule has 0 unspecified atom stereocenters. The van der Waals surface area contributed by atoms with Gasteiger partial charge in [0, 0.05) is 6.20 Å². The van der Waals surface area contributed by atoms with Gasteiger partial charge in [-0.2, -0.15) is 0 Å². The molecular weight excluding hydrogens is 258 g/mol. The number of rotatable bonds is 4. The number of thioether (sulfide) groups is 1. The topological polar surface area (TPSA) is 39.2 Å². The Hall–Kier alpha value is -0.740. The van der Waals surface area contributed by atoms with Crippen molar-refractivity contribution in [3.8, 4) is 5.75 Å². The van der Waals surface area contributed by atoms with Crippen molar-refractivity contribution in [1.29, 1.82) is 0 Å². The summed E-state index contributed by atoms with van der Waals surface area (Å²) in [5.74, 6) is 0.677. The molecule has 1 aliphatic carbocycles. The van der Waals surface area contributed by atoms with E-state index in [9.17, 15) is 4.79 Å². The fraction of sp³-hybridized carbons (Fsp3) is 0.500. The summed E-state index contributed by atoms with van der Waals surface area (Å²) in [6, 6.07) is 1.69. The standard InChI is InChI=1S/C12H14ClNO2S/c1-17-12-10(16-9-4-2-3-5-9)6-8(7-14-12)11(13)15/h6-7,9H,2-5H2,1H3. The molecule has 1 aliphatic rings. The smallest absolute Gasteiger partial charge is 0.254 e. The lowest BCUT2D eigenvalue weighted by Gasteiger charge is -2.15. The summed E-state index contributed by atoms with van der Waals surface area (Å²) in [4.78, 5) is 15.3. The molecule has 0 amide bonds. The average molecular weight is 272 g/mol. The van der Waals surface area contributed by atoms with E-state index in [0.717, 1.165) is 17.9 Å². The Labute approximate surface area is 110 Å². The van der Waals surface area contributed by atoms with Crippen LogP contribution in [0.4, 0.5) is 0 Å². The first-order chi connectivity index (χ1) is 8.20. The number of nitrogens with zero attached hydrogens (tertiary/aromatic N) is 1. The van der Waals surface area contributed by atoms with Gasteiger partial charge in [-0.1, -0.05) is 0 Å². The highest BCUT2D eigenvalue weighted by atomic mass is 35.5. The third-order valence-corrected chi connectivity index (χ3v) is 3.75. The van der Waals surface area contributed by atoms with E-state index in [-0.39, 0.29) is 6.10 Å². The Morgan fingerprint density at radius 2 is 2.24 bits per heavy atom. The van der Waals surface area contributed by atoms with E-state index in [0.29, 0.717) is 11.3 Å². The van der Waals surface area contributed by atoms with Crippen molar-refractivity contribution in [2.45, 2.75) is 36.8 Å². The second-order valence-electron chi connectivity index (χ2n) is 4.03. The van der Waals surface area contributed by atoms with Crippen molar-refractivity contribution in [2.75, 3.05) is 6.26 Å². The average Bonchev–Trinajstić information content (AvgIpc) is 2.81. The Bertz CT molecular complexity index is 419. The first-order valence-electron chi connectivity index (χ1n) is 5.61. The van der Waals surface area contributed by atoms with Crippen molar-refractivity contribution < 1.29 is 9.53 Å². The summed E-state index contributed by atoms with van der Waals surface area (Å²) in [6.07, 6.45) is 8.25. The highest BCUT2D eigenvalue weighted by Gasteiger charge is 2.19. The highest BCUT2D eigenvalue weighted by Crippen LogP contribution is 2.31. The summed E-state index contributed by atoms with van der Waals surface area (Å²) in [5.41, 5.74) is 0.387. The third-order valence-electron chi connectivity index (χ3n) is 2.83. The second-order valence-corrected chi connectivity index (χ2v) is 5.17. The number of pyridine rings is 1. The molecule has 3 nitrogen and oxygen atoms in total. The summed E-state index contributed by atoms with van der Waals surface area (Å²) in [5, 5.41) is 0.306. The van der Waals surface area contributed by atoms with Crippen molar-refractivity contribution in [3.05, 3.63) is 17.8 Å². The van der Waals surface area contributed by atoms with Crippen LogP contribution in [0.15, 0.2) is 17.3 Å². The molecule has 1 fully saturated rings. The van der Waals surface area contributed by atoms with Gasteiger partial charge in [0.25, 0.3) is 5.24 Å². The molecule has 0 aliphatic heterocycles. The van der Waals surface area contributed by atoms with Crippen LogP contribution in [0.5, 0.6) is 5.75 Å². The SMILES string of the molecule is CSc1ncc(C(=O)Cl)cc1OC1CCCC1. The predicted octanol–water partition coefficient (Wildman–Crippen LogP) is 3.50. The molecule has 5 heteroatoms. The molecule has 0 radical (unpaired) electrons. The number of carbonyl (C=O) groups excluding carboxylic acids is 1. The van der Waals surface area contributed by atoms with Crippen molar-refractivity contribution in [1.82, 2.24) is 4.98 Å². The summed E-state index contributed by atoms with van der Waals surface area (Å²) in [7, 11) is 0. The van der Waals surface area contributed by atoms with Gasteiger partial charge in [0.15, 0.2) is 5.75 Å². The second kappa shape index (κ2) is 5.74. The van der Waals surface area contributed by atoms with Gasteiger partial charge in [-0.25, -0.2) is 4.98 Å². The van der Waals surface area contributed by atoms with Crippen LogP contribution in [0.1, 0.15) is 36.0 Å². The van der Waals surface area contributed by atoms with Gasteiger partial charge in [-0.15, -0.1) is 11.8 Å². The molecule has 0 spiro atoms. The number of carbonyl (C=O) groups is 1. The van der Waals surface area contributed by atoms with E-state index >= 15 is 0 Å². The minimum absolute atomic E-state index is 0.253. The Morgan fingerprint density at radius 3 is 2.82 bits per heavy atom. The van der Waals surface area contributed by atoms with Crippen molar-refractivity contribution >= 4 is 28.6 Å². The molecule has 92 valence electrons. The van der Waals surface area contributed by atoms with Gasteiger partial charge in [0.1, 0.15) is 5.03 Å². The molecule has 1 aromatic heterocycles. The lowest BCUT2D eigenvalue weighted by molar-refractivity contribution is 0.107. The molecule has 1 aromatic rings. The maximum absolute atomic E-state index is 11.1. The van der Waals surface area contributed by atoms with Crippen molar-refractivity contribution in [2.24, 2.45) is 0 Å². The fourth-order valence-electron chi connectivity index (χ4n) is 1.96. The van der Waals surface area contributed by atoms with E-state index < -0.39 is 5.24 Å². The van der Waals surface area contributed by atoms with E-state index in [1.807, 2.05) is 6.26 Å². The first kappa shape index (κ1) is 12.7. The lowest BCUT2D eigenvalue weighted by atomic mass is 10.3. The molecular formula is C12H14ClNO2S. The third kappa shape index (κ3) is 3.13. The number of aromatic nitrogens is 1. The summed E-state index contributed by atoms with van der Waals surface area (Å²) < 4.78 is 5.89. The zero-order chi connectivity index (χ0) is 12.3. The first-order valence-corrected chi connectivity index (χ1v) is 7.21. The fourth-order valence-corrected chi connectivity index (χ4v) is 2.53. The van der Waals surface area contributed by atoms with E-state index in [1.54, 1.807) is 6.07 Å². The van der Waals surface area contributed by atoms with Crippen LogP contribution in [-0.2, 0) is 0 Å². The Kier molecular flexibility index (Phi) is 4.29. The van der Waals surface area contributed by atoms with Crippen LogP contribution in [0.3, 0.4) is 0 Å². The minimum Gasteiger partial charge on any atom is -0.488 e. The molecule has 0 atom stereocenters. The van der Waals surface area contributed by atoms with E-state index in [2.05, 4.69) is 4.98 Å². The lowest BCUT2D eigenvalue weighted by Crippen LogP contribution is -2.12. The highest BCUT2D eigenvalue weighted by molar-refractivity contribution is 7.98. The van der Waals surface area contributed by atoms with Gasteiger partial charge < -0.3 is 4.74 Å². The van der Waals surface area contributed by atoms with E-state index in [4.69, 9.17) is 16.3 Å². The zero-order valence-corrected chi connectivity index (χ0v) is 11.2. The van der Waals surface area contributed by atoms with Crippen LogP contribution >= 0.6 is 23.4 Å². The van der Waals surface area contributed by atoms with Gasteiger partial charge in [0.05, 0.1) is 11.7 Å². The van der Waals surface area contributed by atoms with Crippen LogP contribution < -0.4 is 4.74 Å². The molecule has 2 rings (SSSR count). The molecule has 0 N–H and O–H groups in total. The zero-order valence-electron chi connectivity index (χ0n) is 9.61. The molecule has 1 saturated carbocycles. The quantitative estimate of drug-likeness (QED) is 0.621. The molecule has 0 bridgehead atoms. The summed E-state index contributed by atoms with van der Waals surface area (Å²) in [6.45, 7) is 0. The number of hydrogen-bond donors (Lipinski definition) is 0.